The Labute approximate surface area is 125 Å². The van der Waals surface area contributed by atoms with Crippen molar-refractivity contribution < 1.29 is 0 Å². The third-order valence-corrected chi connectivity index (χ3v) is 5.65. The van der Waals surface area contributed by atoms with E-state index in [2.05, 4.69) is 53.4 Å². The van der Waals surface area contributed by atoms with Gasteiger partial charge in [0.25, 0.3) is 0 Å². The fourth-order valence-corrected chi connectivity index (χ4v) is 4.42. The lowest BCUT2D eigenvalue weighted by molar-refractivity contribution is 0.660. The number of thioether (sulfide) groups is 1. The summed E-state index contributed by atoms with van der Waals surface area (Å²) in [7, 11) is 2.06. The first-order valence-electron chi connectivity index (χ1n) is 7.50. The van der Waals surface area contributed by atoms with Crippen LogP contribution < -0.4 is 5.32 Å². The second-order valence-electron chi connectivity index (χ2n) is 5.54. The van der Waals surface area contributed by atoms with Gasteiger partial charge in [-0.15, -0.1) is 0 Å². The molecule has 0 bridgehead atoms. The standard InChI is InChI=1S/C17H22N2S/c1-18-17(12-20-15-6-2-3-7-15)14-9-8-13-5-4-10-19-16(13)11-14/h4-5,8-11,15,17-18H,2-3,6-7,12H2,1H3. The minimum Gasteiger partial charge on any atom is -0.312 e. The van der Waals surface area contributed by atoms with Gasteiger partial charge in [0, 0.05) is 28.6 Å². The van der Waals surface area contributed by atoms with Crippen molar-refractivity contribution in [3.05, 3.63) is 42.1 Å². The number of aromatic nitrogens is 1. The number of hydrogen-bond donors (Lipinski definition) is 1. The smallest absolute Gasteiger partial charge is 0.0705 e. The van der Waals surface area contributed by atoms with E-state index >= 15 is 0 Å². The Balaban J connectivity index is 1.72. The molecular formula is C17H22N2S. The monoisotopic (exact) mass is 286 g/mol. The first-order chi connectivity index (χ1) is 9.86. The average Bonchev–Trinajstić information content (AvgIpc) is 3.01. The van der Waals surface area contributed by atoms with Crippen LogP contribution in [0, 0.1) is 0 Å². The van der Waals surface area contributed by atoms with Gasteiger partial charge in [0.2, 0.25) is 0 Å². The second-order valence-corrected chi connectivity index (χ2v) is 6.87. The highest BCUT2D eigenvalue weighted by Gasteiger charge is 2.18. The van der Waals surface area contributed by atoms with E-state index in [4.69, 9.17) is 0 Å². The Morgan fingerprint density at radius 1 is 1.30 bits per heavy atom. The van der Waals surface area contributed by atoms with E-state index in [0.29, 0.717) is 6.04 Å². The normalized spacial score (nSPS) is 17.6. The van der Waals surface area contributed by atoms with Crippen LogP contribution >= 0.6 is 11.8 Å². The molecule has 2 aromatic rings. The van der Waals surface area contributed by atoms with Gasteiger partial charge in [0.15, 0.2) is 0 Å². The molecule has 0 spiro atoms. The molecule has 0 saturated heterocycles. The van der Waals surface area contributed by atoms with Crippen LogP contribution in [0.15, 0.2) is 36.5 Å². The molecule has 1 aromatic carbocycles. The van der Waals surface area contributed by atoms with Crippen molar-refractivity contribution in [3.8, 4) is 0 Å². The van der Waals surface area contributed by atoms with Crippen molar-refractivity contribution >= 4 is 22.7 Å². The molecular weight excluding hydrogens is 264 g/mol. The molecule has 0 radical (unpaired) electrons. The summed E-state index contributed by atoms with van der Waals surface area (Å²) in [5.41, 5.74) is 2.44. The first kappa shape index (κ1) is 13.9. The van der Waals surface area contributed by atoms with Crippen molar-refractivity contribution in [2.24, 2.45) is 0 Å². The number of pyridine rings is 1. The molecule has 1 atom stereocenters. The topological polar surface area (TPSA) is 24.9 Å². The maximum atomic E-state index is 4.46. The summed E-state index contributed by atoms with van der Waals surface area (Å²) in [5, 5.41) is 5.55. The van der Waals surface area contributed by atoms with Gasteiger partial charge in [0.1, 0.15) is 0 Å². The quantitative estimate of drug-likeness (QED) is 0.893. The Morgan fingerprint density at radius 3 is 2.95 bits per heavy atom. The maximum absolute atomic E-state index is 4.46. The zero-order valence-corrected chi connectivity index (χ0v) is 12.8. The van der Waals surface area contributed by atoms with Gasteiger partial charge in [-0.05, 0) is 37.6 Å². The molecule has 1 aliphatic rings. The predicted octanol–water partition coefficient (Wildman–Crippen LogP) is 4.17. The number of benzene rings is 1. The highest BCUT2D eigenvalue weighted by Crippen LogP contribution is 2.32. The van der Waals surface area contributed by atoms with Gasteiger partial charge in [-0.3, -0.25) is 4.98 Å². The lowest BCUT2D eigenvalue weighted by Gasteiger charge is -2.19. The molecule has 20 heavy (non-hydrogen) atoms. The zero-order valence-electron chi connectivity index (χ0n) is 12.0. The van der Waals surface area contributed by atoms with Crippen LogP contribution in [0.3, 0.4) is 0 Å². The molecule has 1 N–H and O–H groups in total. The highest BCUT2D eigenvalue weighted by atomic mass is 32.2. The molecule has 1 heterocycles. The molecule has 0 aliphatic heterocycles. The number of hydrogen-bond acceptors (Lipinski definition) is 3. The average molecular weight is 286 g/mol. The van der Waals surface area contributed by atoms with Crippen molar-refractivity contribution in [1.29, 1.82) is 0 Å². The Bertz CT molecular complexity index is 564. The van der Waals surface area contributed by atoms with Crippen molar-refractivity contribution in [1.82, 2.24) is 10.3 Å². The minimum absolute atomic E-state index is 0.423. The lowest BCUT2D eigenvalue weighted by atomic mass is 10.1. The first-order valence-corrected chi connectivity index (χ1v) is 8.55. The molecule has 1 fully saturated rings. The summed E-state index contributed by atoms with van der Waals surface area (Å²) < 4.78 is 0. The predicted molar refractivity (Wildman–Crippen MR) is 88.3 cm³/mol. The number of rotatable bonds is 5. The molecule has 1 aromatic heterocycles. The van der Waals surface area contributed by atoms with E-state index < -0.39 is 0 Å². The number of fused-ring (bicyclic) bond motifs is 1. The summed E-state index contributed by atoms with van der Waals surface area (Å²) in [6.07, 6.45) is 7.51. The van der Waals surface area contributed by atoms with Crippen LogP contribution in [0.5, 0.6) is 0 Å². The van der Waals surface area contributed by atoms with E-state index in [1.165, 1.54) is 36.6 Å². The Hall–Kier alpha value is -1.06. The van der Waals surface area contributed by atoms with Crippen molar-refractivity contribution in [3.63, 3.8) is 0 Å². The summed E-state index contributed by atoms with van der Waals surface area (Å²) in [5.74, 6) is 1.15. The van der Waals surface area contributed by atoms with E-state index in [-0.39, 0.29) is 0 Å². The number of nitrogens with zero attached hydrogens (tertiary/aromatic N) is 1. The summed E-state index contributed by atoms with van der Waals surface area (Å²) >= 11 is 2.13. The van der Waals surface area contributed by atoms with Crippen LogP contribution in [0.1, 0.15) is 37.3 Å². The molecule has 1 aliphatic carbocycles. The third-order valence-electron chi connectivity index (χ3n) is 4.18. The molecule has 0 amide bonds. The van der Waals surface area contributed by atoms with Crippen LogP contribution in [0.4, 0.5) is 0 Å². The molecule has 106 valence electrons. The van der Waals surface area contributed by atoms with E-state index in [1.807, 2.05) is 12.3 Å². The Kier molecular flexibility index (Phi) is 4.58. The fraction of sp³-hybridized carbons (Fsp3) is 0.471. The van der Waals surface area contributed by atoms with Crippen molar-refractivity contribution in [2.45, 2.75) is 37.0 Å². The van der Waals surface area contributed by atoms with Gasteiger partial charge in [-0.1, -0.05) is 31.0 Å². The number of nitrogens with one attached hydrogen (secondary N) is 1. The zero-order chi connectivity index (χ0) is 13.8. The van der Waals surface area contributed by atoms with Crippen molar-refractivity contribution in [2.75, 3.05) is 12.8 Å². The lowest BCUT2D eigenvalue weighted by Crippen LogP contribution is -2.19. The van der Waals surface area contributed by atoms with E-state index in [0.717, 1.165) is 16.5 Å². The van der Waals surface area contributed by atoms with Gasteiger partial charge >= 0.3 is 0 Å². The Morgan fingerprint density at radius 2 is 2.15 bits per heavy atom. The highest BCUT2D eigenvalue weighted by molar-refractivity contribution is 7.99. The summed E-state index contributed by atoms with van der Waals surface area (Å²) in [6, 6.07) is 11.2. The van der Waals surface area contributed by atoms with Gasteiger partial charge in [-0.2, -0.15) is 11.8 Å². The van der Waals surface area contributed by atoms with Crippen LogP contribution in [0.25, 0.3) is 10.9 Å². The summed E-state index contributed by atoms with van der Waals surface area (Å²) in [6.45, 7) is 0. The molecule has 1 unspecified atom stereocenters. The summed E-state index contributed by atoms with van der Waals surface area (Å²) in [4.78, 5) is 4.46. The van der Waals surface area contributed by atoms with Crippen LogP contribution in [-0.2, 0) is 0 Å². The minimum atomic E-state index is 0.423. The fourth-order valence-electron chi connectivity index (χ4n) is 2.93. The van der Waals surface area contributed by atoms with Gasteiger partial charge < -0.3 is 5.32 Å². The van der Waals surface area contributed by atoms with Crippen LogP contribution in [0.2, 0.25) is 0 Å². The molecule has 1 saturated carbocycles. The molecule has 2 nitrogen and oxygen atoms in total. The van der Waals surface area contributed by atoms with E-state index in [1.54, 1.807) is 0 Å². The van der Waals surface area contributed by atoms with Gasteiger partial charge in [0.05, 0.1) is 5.52 Å². The SMILES string of the molecule is CNC(CSC1CCCC1)c1ccc2cccnc2c1. The van der Waals surface area contributed by atoms with Crippen LogP contribution in [-0.4, -0.2) is 23.0 Å². The van der Waals surface area contributed by atoms with E-state index in [9.17, 15) is 0 Å². The maximum Gasteiger partial charge on any atom is 0.0705 e. The molecule has 3 heteroatoms. The molecule has 3 rings (SSSR count). The second kappa shape index (κ2) is 6.59. The largest absolute Gasteiger partial charge is 0.312 e. The third kappa shape index (κ3) is 3.15. The van der Waals surface area contributed by atoms with Gasteiger partial charge in [-0.25, -0.2) is 0 Å².